The summed E-state index contributed by atoms with van der Waals surface area (Å²) in [6.07, 6.45) is 30.2. The molecule has 0 unspecified atom stereocenters. The minimum absolute atomic E-state index is 0.316. The molecule has 0 aromatic heterocycles. The Hall–Kier alpha value is -1.57. The van der Waals surface area contributed by atoms with Crippen molar-refractivity contribution in [3.8, 4) is 0 Å². The first-order valence-electron chi connectivity index (χ1n) is 9.59. The molecule has 0 fully saturated rings. The Balaban J connectivity index is 3.33. The van der Waals surface area contributed by atoms with Crippen molar-refractivity contribution in [2.75, 3.05) is 0 Å². The first-order valence-corrected chi connectivity index (χ1v) is 9.59. The summed E-state index contributed by atoms with van der Waals surface area (Å²) in [5, 5.41) is 8.54. The molecule has 24 heavy (non-hydrogen) atoms. The van der Waals surface area contributed by atoms with Crippen LogP contribution in [0.3, 0.4) is 0 Å². The molecule has 0 spiro atoms. The van der Waals surface area contributed by atoms with Crippen molar-refractivity contribution in [3.05, 3.63) is 48.6 Å². The van der Waals surface area contributed by atoms with Gasteiger partial charge in [0, 0.05) is 6.42 Å². The molecule has 136 valence electrons. The molecule has 0 saturated carbocycles. The fourth-order valence-electron chi connectivity index (χ4n) is 2.28. The van der Waals surface area contributed by atoms with Crippen molar-refractivity contribution in [1.82, 2.24) is 0 Å². The molecule has 0 atom stereocenters. The molecule has 0 aliphatic heterocycles. The van der Waals surface area contributed by atoms with Gasteiger partial charge in [0.1, 0.15) is 0 Å². The second kappa shape index (κ2) is 19.5. The average Bonchev–Trinajstić information content (AvgIpc) is 2.56. The Morgan fingerprint density at radius 3 is 1.67 bits per heavy atom. The summed E-state index contributed by atoms with van der Waals surface area (Å²) in [6, 6.07) is 0. The number of carboxylic acids is 1. The van der Waals surface area contributed by atoms with E-state index in [1.165, 1.54) is 25.7 Å². The normalized spacial score (nSPS) is 12.4. The van der Waals surface area contributed by atoms with Gasteiger partial charge in [-0.3, -0.25) is 4.79 Å². The van der Waals surface area contributed by atoms with Crippen LogP contribution < -0.4 is 0 Å². The van der Waals surface area contributed by atoms with Gasteiger partial charge in [0.25, 0.3) is 0 Å². The van der Waals surface area contributed by atoms with Gasteiger partial charge in [-0.05, 0) is 44.9 Å². The molecular weight excluding hydrogens is 296 g/mol. The van der Waals surface area contributed by atoms with E-state index in [-0.39, 0.29) is 0 Å². The Labute approximate surface area is 149 Å². The average molecular weight is 333 g/mol. The van der Waals surface area contributed by atoms with Gasteiger partial charge in [-0.1, -0.05) is 81.2 Å². The van der Waals surface area contributed by atoms with E-state index >= 15 is 0 Å². The van der Waals surface area contributed by atoms with E-state index in [9.17, 15) is 4.79 Å². The van der Waals surface area contributed by atoms with Crippen LogP contribution >= 0.6 is 0 Å². The lowest BCUT2D eigenvalue weighted by Gasteiger charge is -1.98. The lowest BCUT2D eigenvalue weighted by molar-refractivity contribution is -0.137. The highest BCUT2D eigenvalue weighted by molar-refractivity contribution is 5.66. The summed E-state index contributed by atoms with van der Waals surface area (Å²) in [5.41, 5.74) is 0. The SMILES string of the molecule is CCCC=CCC=CCC=CCC=CCCCCCCCC(=O)O. The predicted molar refractivity (Wildman–Crippen MR) is 105 cm³/mol. The maximum absolute atomic E-state index is 10.4. The highest BCUT2D eigenvalue weighted by Gasteiger charge is 1.95. The predicted octanol–water partition coefficient (Wildman–Crippen LogP) is 7.00. The number of hydrogen-bond donors (Lipinski definition) is 1. The van der Waals surface area contributed by atoms with E-state index in [0.717, 1.165) is 44.9 Å². The highest BCUT2D eigenvalue weighted by atomic mass is 16.4. The Kier molecular flexibility index (Phi) is 18.2. The molecule has 0 rings (SSSR count). The maximum Gasteiger partial charge on any atom is 0.303 e. The zero-order chi connectivity index (χ0) is 17.7. The Bertz CT molecular complexity index is 389. The van der Waals surface area contributed by atoms with Crippen LogP contribution in [0.2, 0.25) is 0 Å². The maximum atomic E-state index is 10.4. The number of allylic oxidation sites excluding steroid dienone is 8. The molecule has 0 aliphatic carbocycles. The Morgan fingerprint density at radius 1 is 0.667 bits per heavy atom. The fourth-order valence-corrected chi connectivity index (χ4v) is 2.28. The third kappa shape index (κ3) is 20.4. The summed E-state index contributed by atoms with van der Waals surface area (Å²) in [4.78, 5) is 10.4. The van der Waals surface area contributed by atoms with Crippen LogP contribution in [0.5, 0.6) is 0 Å². The summed E-state index contributed by atoms with van der Waals surface area (Å²) in [6.45, 7) is 2.20. The van der Waals surface area contributed by atoms with Crippen LogP contribution in [0.15, 0.2) is 48.6 Å². The van der Waals surface area contributed by atoms with E-state index < -0.39 is 5.97 Å². The molecule has 2 heteroatoms. The van der Waals surface area contributed by atoms with Gasteiger partial charge < -0.3 is 5.11 Å². The van der Waals surface area contributed by atoms with Crippen LogP contribution in [0, 0.1) is 0 Å². The van der Waals surface area contributed by atoms with Crippen molar-refractivity contribution < 1.29 is 9.90 Å². The summed E-state index contributed by atoms with van der Waals surface area (Å²) < 4.78 is 0. The van der Waals surface area contributed by atoms with E-state index in [4.69, 9.17) is 5.11 Å². The monoisotopic (exact) mass is 332 g/mol. The van der Waals surface area contributed by atoms with Crippen LogP contribution in [0.4, 0.5) is 0 Å². The Morgan fingerprint density at radius 2 is 1.12 bits per heavy atom. The molecule has 0 saturated heterocycles. The van der Waals surface area contributed by atoms with Gasteiger partial charge in [-0.2, -0.15) is 0 Å². The van der Waals surface area contributed by atoms with Crippen LogP contribution in [-0.2, 0) is 4.79 Å². The number of aliphatic carboxylic acids is 1. The summed E-state index contributed by atoms with van der Waals surface area (Å²) in [7, 11) is 0. The molecule has 0 aromatic carbocycles. The second-order valence-corrected chi connectivity index (χ2v) is 6.08. The minimum atomic E-state index is -0.676. The number of carbonyl (C=O) groups is 1. The molecule has 0 radical (unpaired) electrons. The number of rotatable bonds is 16. The quantitative estimate of drug-likeness (QED) is 0.244. The van der Waals surface area contributed by atoms with E-state index in [0.29, 0.717) is 6.42 Å². The smallest absolute Gasteiger partial charge is 0.303 e. The zero-order valence-corrected chi connectivity index (χ0v) is 15.5. The van der Waals surface area contributed by atoms with E-state index in [1.54, 1.807) is 0 Å². The third-order valence-electron chi connectivity index (χ3n) is 3.70. The second-order valence-electron chi connectivity index (χ2n) is 6.08. The molecule has 0 aromatic rings. The van der Waals surface area contributed by atoms with Gasteiger partial charge in [0.2, 0.25) is 0 Å². The number of hydrogen-bond acceptors (Lipinski definition) is 1. The van der Waals surface area contributed by atoms with Gasteiger partial charge in [0.05, 0.1) is 0 Å². The molecule has 0 amide bonds. The molecule has 0 aliphatic rings. The van der Waals surface area contributed by atoms with Crippen LogP contribution in [0.1, 0.15) is 84.0 Å². The molecule has 0 heterocycles. The van der Waals surface area contributed by atoms with Crippen molar-refractivity contribution >= 4 is 5.97 Å². The van der Waals surface area contributed by atoms with Crippen molar-refractivity contribution in [1.29, 1.82) is 0 Å². The van der Waals surface area contributed by atoms with Gasteiger partial charge in [-0.25, -0.2) is 0 Å². The molecule has 2 nitrogen and oxygen atoms in total. The highest BCUT2D eigenvalue weighted by Crippen LogP contribution is 2.07. The van der Waals surface area contributed by atoms with Crippen molar-refractivity contribution in [2.24, 2.45) is 0 Å². The molecule has 0 bridgehead atoms. The van der Waals surface area contributed by atoms with Crippen LogP contribution in [0.25, 0.3) is 0 Å². The van der Waals surface area contributed by atoms with Crippen molar-refractivity contribution in [2.45, 2.75) is 84.0 Å². The number of unbranched alkanes of at least 4 members (excludes halogenated alkanes) is 6. The fraction of sp³-hybridized carbons (Fsp3) is 0.591. The third-order valence-corrected chi connectivity index (χ3v) is 3.70. The van der Waals surface area contributed by atoms with Gasteiger partial charge >= 0.3 is 5.97 Å². The van der Waals surface area contributed by atoms with Gasteiger partial charge in [0.15, 0.2) is 0 Å². The minimum Gasteiger partial charge on any atom is -0.481 e. The summed E-state index contributed by atoms with van der Waals surface area (Å²) >= 11 is 0. The zero-order valence-electron chi connectivity index (χ0n) is 15.5. The topological polar surface area (TPSA) is 37.3 Å². The number of carboxylic acid groups (broad SMARTS) is 1. The lowest BCUT2D eigenvalue weighted by Crippen LogP contribution is -1.93. The first kappa shape index (κ1) is 22.4. The summed E-state index contributed by atoms with van der Waals surface area (Å²) in [5.74, 6) is -0.676. The van der Waals surface area contributed by atoms with Crippen molar-refractivity contribution in [3.63, 3.8) is 0 Å². The standard InChI is InChI=1S/C22H36O2/c1-2-3-4-5-6-7-8-9-10-11-12-13-14-15-16-17-18-19-20-21-22(23)24/h4-5,7-8,10-11,13-14H,2-3,6,9,12,15-21H2,1H3,(H,23,24). The molecule has 1 N–H and O–H groups in total. The molecular formula is C22H36O2. The van der Waals surface area contributed by atoms with E-state index in [1.807, 2.05) is 0 Å². The van der Waals surface area contributed by atoms with Crippen LogP contribution in [-0.4, -0.2) is 11.1 Å². The largest absolute Gasteiger partial charge is 0.481 e. The van der Waals surface area contributed by atoms with Gasteiger partial charge in [-0.15, -0.1) is 0 Å². The first-order chi connectivity index (χ1) is 11.8. The lowest BCUT2D eigenvalue weighted by atomic mass is 10.1. The van der Waals surface area contributed by atoms with E-state index in [2.05, 4.69) is 55.5 Å².